The van der Waals surface area contributed by atoms with Crippen LogP contribution < -0.4 is 14.8 Å². The van der Waals surface area contributed by atoms with Gasteiger partial charge < -0.3 is 24.1 Å². The smallest absolute Gasteiger partial charge is 0.318 e. The number of furan rings is 1. The summed E-state index contributed by atoms with van der Waals surface area (Å²) in [4.78, 5) is 14.5. The van der Waals surface area contributed by atoms with Gasteiger partial charge in [0.2, 0.25) is 0 Å². The van der Waals surface area contributed by atoms with Gasteiger partial charge in [-0.25, -0.2) is 4.79 Å². The maximum absolute atomic E-state index is 12.6. The van der Waals surface area contributed by atoms with Crippen LogP contribution in [0.15, 0.2) is 41.2 Å². The first-order valence-corrected chi connectivity index (χ1v) is 8.76. The number of rotatable bonds is 3. The molecular weight excluding hydrogens is 320 g/mol. The highest BCUT2D eigenvalue weighted by molar-refractivity contribution is 5.75. The predicted octanol–water partition coefficient (Wildman–Crippen LogP) is 3.49. The fourth-order valence-corrected chi connectivity index (χ4v) is 3.42. The zero-order chi connectivity index (χ0) is 17.1. The number of nitrogens with one attached hydrogen (secondary N) is 1. The van der Waals surface area contributed by atoms with Gasteiger partial charge in [-0.2, -0.15) is 0 Å². The first-order valence-electron chi connectivity index (χ1n) is 8.76. The Hall–Kier alpha value is -2.63. The highest BCUT2D eigenvalue weighted by Gasteiger charge is 2.30. The van der Waals surface area contributed by atoms with Crippen LogP contribution in [0.25, 0.3) is 0 Å². The number of hydrogen-bond acceptors (Lipinski definition) is 4. The third-order valence-corrected chi connectivity index (χ3v) is 4.69. The van der Waals surface area contributed by atoms with Gasteiger partial charge in [0.1, 0.15) is 0 Å². The van der Waals surface area contributed by atoms with Crippen LogP contribution >= 0.6 is 0 Å². The Kier molecular flexibility index (Phi) is 4.50. The van der Waals surface area contributed by atoms with E-state index >= 15 is 0 Å². The number of likely N-dealkylation sites (tertiary alicyclic amines) is 1. The van der Waals surface area contributed by atoms with Gasteiger partial charge in [-0.1, -0.05) is 6.07 Å². The summed E-state index contributed by atoms with van der Waals surface area (Å²) in [6, 6.07) is 7.89. The molecule has 0 bridgehead atoms. The summed E-state index contributed by atoms with van der Waals surface area (Å²) in [5.41, 5.74) is 2.06. The second kappa shape index (κ2) is 7.09. The number of urea groups is 1. The molecule has 2 amide bonds. The number of carbonyl (C=O) groups is 1. The molecule has 1 aromatic carbocycles. The molecule has 2 aliphatic heterocycles. The van der Waals surface area contributed by atoms with Crippen molar-refractivity contribution in [1.29, 1.82) is 0 Å². The van der Waals surface area contributed by atoms with Crippen LogP contribution in [0.5, 0.6) is 11.5 Å². The Bertz CT molecular complexity index is 729. The largest absolute Gasteiger partial charge is 0.490 e. The van der Waals surface area contributed by atoms with Gasteiger partial charge in [-0.3, -0.25) is 0 Å². The second-order valence-electron chi connectivity index (χ2n) is 6.40. The van der Waals surface area contributed by atoms with Gasteiger partial charge in [0.15, 0.2) is 11.5 Å². The predicted molar refractivity (Wildman–Crippen MR) is 91.7 cm³/mol. The van der Waals surface area contributed by atoms with Crippen molar-refractivity contribution in [3.05, 3.63) is 47.9 Å². The molecule has 0 radical (unpaired) electrons. The summed E-state index contributed by atoms with van der Waals surface area (Å²) >= 11 is 0. The molecule has 6 heteroatoms. The minimum Gasteiger partial charge on any atom is -0.490 e. The van der Waals surface area contributed by atoms with Crippen molar-refractivity contribution in [3.8, 4) is 11.5 Å². The molecule has 4 rings (SSSR count). The van der Waals surface area contributed by atoms with Crippen LogP contribution in [0.2, 0.25) is 0 Å². The van der Waals surface area contributed by atoms with Gasteiger partial charge >= 0.3 is 6.03 Å². The number of nitrogens with zero attached hydrogens (tertiary/aromatic N) is 1. The van der Waals surface area contributed by atoms with Crippen LogP contribution in [-0.2, 0) is 6.54 Å². The monoisotopic (exact) mass is 342 g/mol. The van der Waals surface area contributed by atoms with Crippen LogP contribution in [0.3, 0.4) is 0 Å². The molecule has 1 aromatic heterocycles. The summed E-state index contributed by atoms with van der Waals surface area (Å²) in [5, 5.41) is 2.97. The molecule has 1 fully saturated rings. The summed E-state index contributed by atoms with van der Waals surface area (Å²) < 4.78 is 16.5. The Morgan fingerprint density at radius 1 is 1.16 bits per heavy atom. The maximum Gasteiger partial charge on any atom is 0.318 e. The standard InChI is InChI=1S/C19H22N2O4/c22-19(20-12-14-6-10-23-13-14)21-7-1-3-16(21)15-4-5-17-18(11-15)25-9-2-8-24-17/h4-6,10-11,13,16H,1-3,7-9,12H2,(H,20,22)/t16-/m0/s1. The van der Waals surface area contributed by atoms with E-state index < -0.39 is 0 Å². The molecule has 1 N–H and O–H groups in total. The average molecular weight is 342 g/mol. The molecule has 0 saturated carbocycles. The lowest BCUT2D eigenvalue weighted by Gasteiger charge is -2.26. The maximum atomic E-state index is 12.6. The number of fused-ring (bicyclic) bond motifs is 1. The second-order valence-corrected chi connectivity index (χ2v) is 6.40. The summed E-state index contributed by atoms with van der Waals surface area (Å²) in [6.07, 6.45) is 6.09. The molecule has 1 saturated heterocycles. The van der Waals surface area contributed by atoms with E-state index in [1.54, 1.807) is 12.5 Å². The van der Waals surface area contributed by atoms with E-state index in [1.165, 1.54) is 0 Å². The SMILES string of the molecule is O=C(NCc1ccoc1)N1CCC[C@H]1c1ccc2c(c1)OCCCO2. The van der Waals surface area contributed by atoms with E-state index in [2.05, 4.69) is 5.32 Å². The Labute approximate surface area is 146 Å². The zero-order valence-corrected chi connectivity index (χ0v) is 14.1. The lowest BCUT2D eigenvalue weighted by molar-refractivity contribution is 0.192. The quantitative estimate of drug-likeness (QED) is 0.927. The van der Waals surface area contributed by atoms with Gasteiger partial charge in [-0.05, 0) is 36.6 Å². The molecule has 3 heterocycles. The van der Waals surface area contributed by atoms with Crippen LogP contribution in [-0.4, -0.2) is 30.7 Å². The Morgan fingerprint density at radius 3 is 2.88 bits per heavy atom. The molecule has 2 aliphatic rings. The molecule has 0 unspecified atom stereocenters. The van der Waals surface area contributed by atoms with E-state index in [0.717, 1.165) is 48.4 Å². The van der Waals surface area contributed by atoms with Crippen molar-refractivity contribution >= 4 is 6.03 Å². The van der Waals surface area contributed by atoms with Gasteiger partial charge in [-0.15, -0.1) is 0 Å². The van der Waals surface area contributed by atoms with Crippen molar-refractivity contribution in [2.45, 2.75) is 31.8 Å². The molecule has 132 valence electrons. The van der Waals surface area contributed by atoms with E-state index in [1.807, 2.05) is 29.2 Å². The van der Waals surface area contributed by atoms with Crippen LogP contribution in [0.4, 0.5) is 4.79 Å². The average Bonchev–Trinajstić information content (AvgIpc) is 3.27. The highest BCUT2D eigenvalue weighted by Crippen LogP contribution is 2.37. The molecule has 1 atom stereocenters. The van der Waals surface area contributed by atoms with Gasteiger partial charge in [0.25, 0.3) is 0 Å². The van der Waals surface area contributed by atoms with Crippen molar-refractivity contribution < 1.29 is 18.7 Å². The Balaban J connectivity index is 1.47. The summed E-state index contributed by atoms with van der Waals surface area (Å²) in [6.45, 7) is 2.57. The normalized spacial score (nSPS) is 19.5. The molecule has 25 heavy (non-hydrogen) atoms. The van der Waals surface area contributed by atoms with E-state index in [4.69, 9.17) is 13.9 Å². The van der Waals surface area contributed by atoms with Crippen LogP contribution in [0, 0.1) is 0 Å². The Morgan fingerprint density at radius 2 is 2.04 bits per heavy atom. The zero-order valence-electron chi connectivity index (χ0n) is 14.1. The number of carbonyl (C=O) groups excluding carboxylic acids is 1. The van der Waals surface area contributed by atoms with E-state index in [-0.39, 0.29) is 12.1 Å². The highest BCUT2D eigenvalue weighted by atomic mass is 16.5. The third-order valence-electron chi connectivity index (χ3n) is 4.69. The molecule has 2 aromatic rings. The lowest BCUT2D eigenvalue weighted by atomic mass is 10.0. The number of hydrogen-bond donors (Lipinski definition) is 1. The molecule has 0 spiro atoms. The van der Waals surface area contributed by atoms with E-state index in [9.17, 15) is 4.79 Å². The molecular formula is C19H22N2O4. The summed E-state index contributed by atoms with van der Waals surface area (Å²) in [5.74, 6) is 1.57. The number of amides is 2. The van der Waals surface area contributed by atoms with Crippen molar-refractivity contribution in [3.63, 3.8) is 0 Å². The number of ether oxygens (including phenoxy) is 2. The van der Waals surface area contributed by atoms with E-state index in [0.29, 0.717) is 19.8 Å². The first kappa shape index (κ1) is 15.9. The van der Waals surface area contributed by atoms with Gasteiger partial charge in [0.05, 0.1) is 31.8 Å². The fraction of sp³-hybridized carbons (Fsp3) is 0.421. The van der Waals surface area contributed by atoms with Crippen LogP contribution in [0.1, 0.15) is 36.4 Å². The first-order chi connectivity index (χ1) is 12.3. The molecule has 0 aliphatic carbocycles. The third kappa shape index (κ3) is 3.43. The minimum atomic E-state index is -0.0455. The topological polar surface area (TPSA) is 63.9 Å². The number of benzene rings is 1. The lowest BCUT2D eigenvalue weighted by Crippen LogP contribution is -2.39. The summed E-state index contributed by atoms with van der Waals surface area (Å²) in [7, 11) is 0. The van der Waals surface area contributed by atoms with Crippen molar-refractivity contribution in [2.24, 2.45) is 0 Å². The minimum absolute atomic E-state index is 0.0455. The fourth-order valence-electron chi connectivity index (χ4n) is 3.42. The van der Waals surface area contributed by atoms with Crippen molar-refractivity contribution in [2.75, 3.05) is 19.8 Å². The van der Waals surface area contributed by atoms with Crippen molar-refractivity contribution in [1.82, 2.24) is 10.2 Å². The van der Waals surface area contributed by atoms with Gasteiger partial charge in [0, 0.05) is 25.1 Å². The molecule has 6 nitrogen and oxygen atoms in total.